The van der Waals surface area contributed by atoms with Gasteiger partial charge in [0.05, 0.1) is 24.4 Å². The molecule has 2 bridgehead atoms. The zero-order valence-electron chi connectivity index (χ0n) is 29.8. The van der Waals surface area contributed by atoms with Gasteiger partial charge in [0.15, 0.2) is 12.1 Å². The van der Waals surface area contributed by atoms with Crippen molar-refractivity contribution in [1.82, 2.24) is 0 Å². The molecule has 3 heterocycles. The van der Waals surface area contributed by atoms with Gasteiger partial charge in [0.2, 0.25) is 0 Å². The Balaban J connectivity index is 1.16. The van der Waals surface area contributed by atoms with E-state index in [9.17, 15) is 30.3 Å². The van der Waals surface area contributed by atoms with Crippen LogP contribution in [-0.4, -0.2) is 105 Å². The normalized spacial score (nSPS) is 59.4. The van der Waals surface area contributed by atoms with Crippen LogP contribution in [0.25, 0.3) is 0 Å². The Labute approximate surface area is 284 Å². The van der Waals surface area contributed by atoms with Gasteiger partial charge in [-0.15, -0.1) is 0 Å². The molecule has 0 aromatic carbocycles. The zero-order chi connectivity index (χ0) is 34.8. The molecule has 3 saturated heterocycles. The zero-order valence-corrected chi connectivity index (χ0v) is 29.8. The molecule has 11 heteroatoms. The highest BCUT2D eigenvalue weighted by molar-refractivity contribution is 5.66. The summed E-state index contributed by atoms with van der Waals surface area (Å²) >= 11 is 0. The lowest BCUT2D eigenvalue weighted by Gasteiger charge is -2.65. The van der Waals surface area contributed by atoms with Gasteiger partial charge in [-0.1, -0.05) is 34.6 Å². The number of ether oxygens (including phenoxy) is 5. The van der Waals surface area contributed by atoms with E-state index in [1.807, 2.05) is 0 Å². The first-order valence-corrected chi connectivity index (χ1v) is 18.5. The number of fused-ring (bicyclic) bond motifs is 4. The summed E-state index contributed by atoms with van der Waals surface area (Å²) in [5.74, 6) is -1.33. The highest BCUT2D eigenvalue weighted by atomic mass is 16.8. The summed E-state index contributed by atoms with van der Waals surface area (Å²) in [5.41, 5.74) is -2.98. The van der Waals surface area contributed by atoms with Gasteiger partial charge >= 0.3 is 5.97 Å². The van der Waals surface area contributed by atoms with E-state index in [0.717, 1.165) is 38.5 Å². The van der Waals surface area contributed by atoms with Crippen LogP contribution in [0.1, 0.15) is 100 Å². The number of esters is 1. The van der Waals surface area contributed by atoms with Gasteiger partial charge < -0.3 is 49.2 Å². The first-order valence-electron chi connectivity index (χ1n) is 18.5. The highest BCUT2D eigenvalue weighted by Crippen LogP contribution is 2.90. The number of hydrogen-bond donors (Lipinski definition) is 5. The van der Waals surface area contributed by atoms with Gasteiger partial charge in [-0.25, -0.2) is 0 Å². The average Bonchev–Trinajstić information content (AvgIpc) is 3.48. The Morgan fingerprint density at radius 2 is 1.58 bits per heavy atom. The van der Waals surface area contributed by atoms with Gasteiger partial charge in [-0.05, 0) is 92.8 Å². The first-order chi connectivity index (χ1) is 22.2. The van der Waals surface area contributed by atoms with E-state index in [2.05, 4.69) is 34.6 Å². The van der Waals surface area contributed by atoms with Crippen LogP contribution in [0.5, 0.6) is 0 Å². The summed E-state index contributed by atoms with van der Waals surface area (Å²) in [7, 11) is 0. The van der Waals surface area contributed by atoms with Crippen molar-refractivity contribution in [1.29, 1.82) is 0 Å². The van der Waals surface area contributed by atoms with Crippen molar-refractivity contribution < 1.29 is 54.0 Å². The van der Waals surface area contributed by atoms with E-state index in [0.29, 0.717) is 6.42 Å². The summed E-state index contributed by atoms with van der Waals surface area (Å²) in [4.78, 5) is 12.9. The Morgan fingerprint density at radius 1 is 0.896 bits per heavy atom. The molecule has 18 atom stereocenters. The van der Waals surface area contributed by atoms with Crippen LogP contribution in [0.3, 0.4) is 0 Å². The van der Waals surface area contributed by atoms with Gasteiger partial charge in [0.25, 0.3) is 0 Å². The number of rotatable bonds is 4. The second-order valence-electron chi connectivity index (χ2n) is 18.9. The molecule has 272 valence electrons. The average molecular weight is 679 g/mol. The van der Waals surface area contributed by atoms with Crippen molar-refractivity contribution in [2.75, 3.05) is 6.61 Å². The molecule has 5 aliphatic carbocycles. The molecule has 48 heavy (non-hydrogen) atoms. The van der Waals surface area contributed by atoms with Crippen LogP contribution < -0.4 is 0 Å². The summed E-state index contributed by atoms with van der Waals surface area (Å²) < 4.78 is 32.2. The number of aliphatic hydroxyl groups excluding tert-OH is 4. The van der Waals surface area contributed by atoms with E-state index in [1.54, 1.807) is 13.8 Å². The topological polar surface area (TPSA) is 164 Å². The fraction of sp³-hybridized carbons (Fsp3) is 0.973. The molecule has 0 radical (unpaired) electrons. The second-order valence-corrected chi connectivity index (χ2v) is 18.9. The summed E-state index contributed by atoms with van der Waals surface area (Å²) in [5, 5.41) is 55.0. The molecule has 3 aliphatic heterocycles. The van der Waals surface area contributed by atoms with Gasteiger partial charge in [-0.2, -0.15) is 0 Å². The van der Waals surface area contributed by atoms with E-state index < -0.39 is 65.1 Å². The fourth-order valence-corrected chi connectivity index (χ4v) is 14.3. The largest absolute Gasteiger partial charge is 0.462 e. The molecule has 5 N–H and O–H groups in total. The number of hydrogen-bond acceptors (Lipinski definition) is 11. The molecular formula is C37H58O11. The molecule has 1 unspecified atom stereocenters. The summed E-state index contributed by atoms with van der Waals surface area (Å²) in [6, 6.07) is 0. The maximum absolute atomic E-state index is 12.9. The van der Waals surface area contributed by atoms with Gasteiger partial charge in [0.1, 0.15) is 36.6 Å². The van der Waals surface area contributed by atoms with E-state index in [4.69, 9.17) is 23.7 Å². The van der Waals surface area contributed by atoms with Crippen LogP contribution in [0.2, 0.25) is 0 Å². The quantitative estimate of drug-likeness (QED) is 0.219. The molecule has 5 saturated carbocycles. The summed E-state index contributed by atoms with van der Waals surface area (Å²) in [6.45, 7) is 16.0. The lowest BCUT2D eigenvalue weighted by atomic mass is 9.40. The third-order valence-electron chi connectivity index (χ3n) is 16.2. The van der Waals surface area contributed by atoms with Crippen LogP contribution in [0.4, 0.5) is 0 Å². The molecule has 8 fully saturated rings. The second kappa shape index (κ2) is 10.2. The minimum absolute atomic E-state index is 0.0317. The monoisotopic (exact) mass is 678 g/mol. The maximum atomic E-state index is 12.9. The molecule has 0 aromatic rings. The van der Waals surface area contributed by atoms with E-state index in [1.165, 1.54) is 6.92 Å². The minimum atomic E-state index is -1.34. The van der Waals surface area contributed by atoms with Crippen LogP contribution in [0, 0.1) is 50.7 Å². The fourth-order valence-electron chi connectivity index (χ4n) is 14.3. The predicted molar refractivity (Wildman–Crippen MR) is 170 cm³/mol. The third-order valence-corrected chi connectivity index (χ3v) is 16.2. The Morgan fingerprint density at radius 3 is 2.25 bits per heavy atom. The van der Waals surface area contributed by atoms with E-state index in [-0.39, 0.29) is 64.7 Å². The van der Waals surface area contributed by atoms with Crippen molar-refractivity contribution in [3.8, 4) is 0 Å². The lowest BCUT2D eigenvalue weighted by molar-refractivity contribution is -0.304. The lowest BCUT2D eigenvalue weighted by Crippen LogP contribution is -2.65. The minimum Gasteiger partial charge on any atom is -0.462 e. The number of carbonyl (C=O) groups excluding carboxylic acids is 1. The maximum Gasteiger partial charge on any atom is 0.302 e. The van der Waals surface area contributed by atoms with Gasteiger partial charge in [-0.3, -0.25) is 4.79 Å². The SMILES string of the molecule is CC(=O)O[C@@H]1C[C@@]23C[C@@]24CC[C@H](O[C@@H]2OC[C@H](O)[C@H](O)[C@H]2O)C(C)(C)[C@@H]4CC[C@H]3[C@]2(C)[C@@H](O)C34O[C@H](C[C@@H](C)[C@@H]3[C@@]12C)[C@@H](C(C)(C)O)O4. The molecule has 11 nitrogen and oxygen atoms in total. The smallest absolute Gasteiger partial charge is 0.302 e. The number of aliphatic hydroxyl groups is 5. The van der Waals surface area contributed by atoms with Crippen molar-refractivity contribution >= 4 is 5.97 Å². The van der Waals surface area contributed by atoms with Crippen LogP contribution in [0.15, 0.2) is 0 Å². The highest BCUT2D eigenvalue weighted by Gasteiger charge is 2.90. The van der Waals surface area contributed by atoms with Crippen molar-refractivity contribution in [2.45, 2.75) is 167 Å². The van der Waals surface area contributed by atoms with E-state index >= 15 is 0 Å². The van der Waals surface area contributed by atoms with Crippen molar-refractivity contribution in [3.63, 3.8) is 0 Å². The molecule has 8 rings (SSSR count). The molecule has 3 spiro atoms. The van der Waals surface area contributed by atoms with Gasteiger partial charge in [0, 0.05) is 23.7 Å². The third kappa shape index (κ3) is 3.90. The van der Waals surface area contributed by atoms with Crippen molar-refractivity contribution in [2.24, 2.45) is 50.7 Å². The number of carbonyl (C=O) groups is 1. The molecular weight excluding hydrogens is 620 g/mol. The standard InChI is InChI=1S/C37H58O11/c1-17-13-20-28(32(5,6)43)48-37(47-20)27(17)34(8)24(45-18(2)38)14-36-16-35(36)12-11-23(46-29-26(41)25(40)19(39)15-44-29)31(3,4)21(35)9-10-22(36)33(34,7)30(37)42/h17,19-30,39-43H,9-16H2,1-8H3/t17-,19+,20-,21+,22+,23+,24-,25+,26-,27-,28+,29+,30-,33-,34-,35-,36+,37?/m1/s1. The Bertz CT molecular complexity index is 1350. The Hall–Kier alpha value is -0.890. The molecule has 8 aliphatic rings. The summed E-state index contributed by atoms with van der Waals surface area (Å²) in [6.07, 6.45) is -1.55. The predicted octanol–water partition coefficient (Wildman–Crippen LogP) is 2.66. The Kier molecular flexibility index (Phi) is 7.24. The van der Waals surface area contributed by atoms with Crippen LogP contribution in [-0.2, 0) is 28.5 Å². The van der Waals surface area contributed by atoms with Crippen LogP contribution >= 0.6 is 0 Å². The molecule has 0 amide bonds. The molecule has 0 aromatic heterocycles. The first kappa shape index (κ1) is 34.2. The van der Waals surface area contributed by atoms with Crippen molar-refractivity contribution in [3.05, 3.63) is 0 Å².